The van der Waals surface area contributed by atoms with Crippen LogP contribution in [0.3, 0.4) is 0 Å². The van der Waals surface area contributed by atoms with E-state index in [4.69, 9.17) is 9.26 Å². The first-order chi connectivity index (χ1) is 12.7. The second kappa shape index (κ2) is 7.58. The van der Waals surface area contributed by atoms with Crippen molar-refractivity contribution in [2.45, 2.75) is 57.2 Å². The lowest BCUT2D eigenvalue weighted by molar-refractivity contribution is -0.135. The number of amides is 1. The highest BCUT2D eigenvalue weighted by atomic mass is 16.5. The van der Waals surface area contributed by atoms with Crippen LogP contribution < -0.4 is 0 Å². The van der Waals surface area contributed by atoms with Gasteiger partial charge in [0.05, 0.1) is 12.0 Å². The number of likely N-dealkylation sites (tertiary alicyclic amines) is 1. The number of piperidine rings is 1. The minimum absolute atomic E-state index is 0.104. The Morgan fingerprint density at radius 2 is 1.96 bits per heavy atom. The van der Waals surface area contributed by atoms with Crippen molar-refractivity contribution in [3.05, 3.63) is 47.6 Å². The molecule has 2 aliphatic rings. The third-order valence-electron chi connectivity index (χ3n) is 5.29. The Balaban J connectivity index is 1.23. The van der Waals surface area contributed by atoms with Gasteiger partial charge in [0.2, 0.25) is 5.91 Å². The lowest BCUT2D eigenvalue weighted by atomic mass is 9.98. The molecular weight excluding hydrogens is 330 g/mol. The van der Waals surface area contributed by atoms with Gasteiger partial charge < -0.3 is 14.2 Å². The van der Waals surface area contributed by atoms with Crippen LogP contribution in [-0.4, -0.2) is 40.1 Å². The van der Waals surface area contributed by atoms with Gasteiger partial charge in [-0.05, 0) is 38.2 Å². The SMILES string of the molecule is C[C@@H](C(=O)N1CCC(OCc2nc(C3CC3)no2)CC1)c1ccccc1. The van der Waals surface area contributed by atoms with Gasteiger partial charge in [-0.3, -0.25) is 4.79 Å². The fraction of sp³-hybridized carbons (Fsp3) is 0.550. The summed E-state index contributed by atoms with van der Waals surface area (Å²) in [5, 5.41) is 4.01. The molecule has 0 spiro atoms. The van der Waals surface area contributed by atoms with Gasteiger partial charge >= 0.3 is 0 Å². The average Bonchev–Trinajstić information content (AvgIpc) is 3.44. The van der Waals surface area contributed by atoms with E-state index in [1.807, 2.05) is 42.2 Å². The summed E-state index contributed by atoms with van der Waals surface area (Å²) in [4.78, 5) is 19.1. The molecule has 1 aliphatic heterocycles. The molecule has 2 fully saturated rings. The van der Waals surface area contributed by atoms with Crippen molar-refractivity contribution in [2.75, 3.05) is 13.1 Å². The smallest absolute Gasteiger partial charge is 0.252 e. The van der Waals surface area contributed by atoms with E-state index in [-0.39, 0.29) is 17.9 Å². The van der Waals surface area contributed by atoms with Crippen LogP contribution in [-0.2, 0) is 16.1 Å². The summed E-state index contributed by atoms with van der Waals surface area (Å²) in [5.41, 5.74) is 1.07. The Bertz CT molecular complexity index is 734. The fourth-order valence-corrected chi connectivity index (χ4v) is 3.42. The van der Waals surface area contributed by atoms with E-state index in [0.717, 1.165) is 50.2 Å². The Labute approximate surface area is 153 Å². The molecule has 0 N–H and O–H groups in total. The number of hydrogen-bond acceptors (Lipinski definition) is 5. The van der Waals surface area contributed by atoms with Gasteiger partial charge in [-0.2, -0.15) is 4.98 Å². The molecule has 4 rings (SSSR count). The summed E-state index contributed by atoms with van der Waals surface area (Å²) in [7, 11) is 0. The molecule has 138 valence electrons. The number of hydrogen-bond donors (Lipinski definition) is 0. The third kappa shape index (κ3) is 3.96. The Morgan fingerprint density at radius 1 is 1.23 bits per heavy atom. The number of benzene rings is 1. The zero-order valence-electron chi connectivity index (χ0n) is 15.1. The van der Waals surface area contributed by atoms with Crippen molar-refractivity contribution >= 4 is 5.91 Å². The number of ether oxygens (including phenoxy) is 1. The zero-order chi connectivity index (χ0) is 17.9. The molecule has 6 nitrogen and oxygen atoms in total. The molecule has 6 heteroatoms. The summed E-state index contributed by atoms with van der Waals surface area (Å²) in [6, 6.07) is 9.95. The molecule has 0 bridgehead atoms. The van der Waals surface area contributed by atoms with E-state index in [1.165, 1.54) is 0 Å². The van der Waals surface area contributed by atoms with Crippen molar-refractivity contribution in [3.8, 4) is 0 Å². The summed E-state index contributed by atoms with van der Waals surface area (Å²) >= 11 is 0. The topological polar surface area (TPSA) is 68.5 Å². The highest BCUT2D eigenvalue weighted by molar-refractivity contribution is 5.83. The van der Waals surface area contributed by atoms with Crippen molar-refractivity contribution < 1.29 is 14.1 Å². The largest absolute Gasteiger partial charge is 0.368 e. The summed E-state index contributed by atoms with van der Waals surface area (Å²) in [6.45, 7) is 3.81. The molecule has 1 saturated carbocycles. The highest BCUT2D eigenvalue weighted by Gasteiger charge is 2.30. The Kier molecular flexibility index (Phi) is 5.02. The molecule has 2 heterocycles. The predicted octanol–water partition coefficient (Wildman–Crippen LogP) is 3.26. The first kappa shape index (κ1) is 17.2. The van der Waals surface area contributed by atoms with E-state index in [2.05, 4.69) is 10.1 Å². The first-order valence-electron chi connectivity index (χ1n) is 9.48. The minimum atomic E-state index is -0.104. The Morgan fingerprint density at radius 3 is 2.65 bits per heavy atom. The Hall–Kier alpha value is -2.21. The molecule has 1 aromatic heterocycles. The molecule has 0 unspecified atom stereocenters. The van der Waals surface area contributed by atoms with E-state index in [9.17, 15) is 4.79 Å². The standard InChI is InChI=1S/C20H25N3O3/c1-14(15-5-3-2-4-6-15)20(24)23-11-9-17(10-12-23)25-13-18-21-19(22-26-18)16-7-8-16/h2-6,14,16-17H,7-13H2,1H3/t14-/m1/s1. The number of aromatic nitrogens is 2. The van der Waals surface area contributed by atoms with Crippen LogP contribution in [0.2, 0.25) is 0 Å². The van der Waals surface area contributed by atoms with Crippen LogP contribution >= 0.6 is 0 Å². The van der Waals surface area contributed by atoms with Gasteiger partial charge in [0.1, 0.15) is 6.61 Å². The van der Waals surface area contributed by atoms with Gasteiger partial charge in [0.25, 0.3) is 5.89 Å². The zero-order valence-corrected chi connectivity index (χ0v) is 15.1. The average molecular weight is 355 g/mol. The third-order valence-corrected chi connectivity index (χ3v) is 5.29. The quantitative estimate of drug-likeness (QED) is 0.795. The summed E-state index contributed by atoms with van der Waals surface area (Å²) in [6.07, 6.45) is 4.15. The van der Waals surface area contributed by atoms with Crippen molar-refractivity contribution in [2.24, 2.45) is 0 Å². The number of rotatable bonds is 6. The normalized spacial score (nSPS) is 19.5. The van der Waals surface area contributed by atoms with Gasteiger partial charge in [-0.25, -0.2) is 0 Å². The maximum absolute atomic E-state index is 12.7. The van der Waals surface area contributed by atoms with Crippen LogP contribution in [0.25, 0.3) is 0 Å². The van der Waals surface area contributed by atoms with E-state index >= 15 is 0 Å². The number of carbonyl (C=O) groups excluding carboxylic acids is 1. The van der Waals surface area contributed by atoms with Gasteiger partial charge in [0, 0.05) is 19.0 Å². The van der Waals surface area contributed by atoms with Crippen LogP contribution in [0.5, 0.6) is 0 Å². The lowest BCUT2D eigenvalue weighted by Crippen LogP contribution is -2.42. The fourth-order valence-electron chi connectivity index (χ4n) is 3.42. The first-order valence-corrected chi connectivity index (χ1v) is 9.48. The van der Waals surface area contributed by atoms with Crippen molar-refractivity contribution in [3.63, 3.8) is 0 Å². The molecule has 1 aliphatic carbocycles. The molecule has 1 atom stereocenters. The minimum Gasteiger partial charge on any atom is -0.368 e. The van der Waals surface area contributed by atoms with Crippen LogP contribution in [0.1, 0.15) is 61.7 Å². The molecule has 26 heavy (non-hydrogen) atoms. The second-order valence-corrected chi connectivity index (χ2v) is 7.29. The van der Waals surface area contributed by atoms with Crippen LogP contribution in [0, 0.1) is 0 Å². The van der Waals surface area contributed by atoms with Crippen molar-refractivity contribution in [1.29, 1.82) is 0 Å². The summed E-state index contributed by atoms with van der Waals surface area (Å²) in [5.74, 6) is 1.96. The van der Waals surface area contributed by atoms with Crippen molar-refractivity contribution in [1.82, 2.24) is 15.0 Å². The molecular formula is C20H25N3O3. The van der Waals surface area contributed by atoms with Crippen LogP contribution in [0.4, 0.5) is 0 Å². The van der Waals surface area contributed by atoms with E-state index < -0.39 is 0 Å². The van der Waals surface area contributed by atoms with Crippen LogP contribution in [0.15, 0.2) is 34.9 Å². The molecule has 1 saturated heterocycles. The van der Waals surface area contributed by atoms with E-state index in [1.54, 1.807) is 0 Å². The molecule has 2 aromatic rings. The number of nitrogens with zero attached hydrogens (tertiary/aromatic N) is 3. The van der Waals surface area contributed by atoms with Gasteiger partial charge in [-0.1, -0.05) is 35.5 Å². The van der Waals surface area contributed by atoms with Gasteiger partial charge in [-0.15, -0.1) is 0 Å². The maximum Gasteiger partial charge on any atom is 0.252 e. The molecule has 0 radical (unpaired) electrons. The monoisotopic (exact) mass is 355 g/mol. The highest BCUT2D eigenvalue weighted by Crippen LogP contribution is 2.38. The van der Waals surface area contributed by atoms with Gasteiger partial charge in [0.15, 0.2) is 5.82 Å². The maximum atomic E-state index is 12.7. The molecule has 1 amide bonds. The predicted molar refractivity (Wildman–Crippen MR) is 95.5 cm³/mol. The van der Waals surface area contributed by atoms with E-state index in [0.29, 0.717) is 18.4 Å². The number of carbonyl (C=O) groups is 1. The summed E-state index contributed by atoms with van der Waals surface area (Å²) < 4.78 is 11.2. The second-order valence-electron chi connectivity index (χ2n) is 7.29. The molecule has 1 aromatic carbocycles. The lowest BCUT2D eigenvalue weighted by Gasteiger charge is -2.33.